The van der Waals surface area contributed by atoms with E-state index in [4.69, 9.17) is 21.1 Å². The number of ketones is 1. The van der Waals surface area contributed by atoms with E-state index in [0.717, 1.165) is 12.1 Å². The van der Waals surface area contributed by atoms with Crippen LogP contribution in [0.15, 0.2) is 48.5 Å². The molecule has 2 aromatic carbocycles. The van der Waals surface area contributed by atoms with Gasteiger partial charge in [-0.3, -0.25) is 9.59 Å². The Hall–Kier alpha value is -4.12. The number of amides is 1. The van der Waals surface area contributed by atoms with Gasteiger partial charge in [0.2, 0.25) is 6.79 Å². The van der Waals surface area contributed by atoms with E-state index in [9.17, 15) is 22.8 Å². The molecule has 0 unspecified atom stereocenters. The van der Waals surface area contributed by atoms with Crippen LogP contribution in [0.3, 0.4) is 0 Å². The molecule has 178 valence electrons. The van der Waals surface area contributed by atoms with Crippen LogP contribution in [0.2, 0.25) is 5.02 Å². The molecular weight excluding hydrogens is 489 g/mol. The first-order chi connectivity index (χ1) is 16.6. The van der Waals surface area contributed by atoms with Crippen molar-refractivity contribution in [1.82, 2.24) is 14.6 Å². The Morgan fingerprint density at radius 3 is 2.40 bits per heavy atom. The second-order valence-electron chi connectivity index (χ2n) is 7.59. The molecule has 2 aromatic heterocycles. The number of benzene rings is 2. The maximum absolute atomic E-state index is 13.8. The number of fused-ring (bicyclic) bond motifs is 2. The molecule has 0 saturated heterocycles. The predicted molar refractivity (Wildman–Crippen MR) is 119 cm³/mol. The number of carbonyl (C=O) groups is 2. The smallest absolute Gasteiger partial charge is 0.433 e. The number of carbonyl (C=O) groups excluding carboxylic acids is 2. The van der Waals surface area contributed by atoms with Crippen LogP contribution in [0.1, 0.15) is 33.5 Å². The monoisotopic (exact) mass is 502 g/mol. The lowest BCUT2D eigenvalue weighted by atomic mass is 10.1. The molecule has 1 N–H and O–H groups in total. The van der Waals surface area contributed by atoms with E-state index in [-0.39, 0.29) is 40.9 Å². The first kappa shape index (κ1) is 22.7. The number of ether oxygens (including phenoxy) is 2. The fourth-order valence-corrected chi connectivity index (χ4v) is 3.70. The SMILES string of the molecule is CC(=O)c1cc2c(cc1NC(=O)c1cc3nc(-c4ccc(Cl)cc4)cc(C(F)(F)F)n3n1)OCO2. The van der Waals surface area contributed by atoms with Crippen LogP contribution in [0.5, 0.6) is 11.5 Å². The number of hydrogen-bond donors (Lipinski definition) is 1. The van der Waals surface area contributed by atoms with E-state index in [0.29, 0.717) is 26.6 Å². The summed E-state index contributed by atoms with van der Waals surface area (Å²) < 4.78 is 52.6. The molecule has 5 rings (SSSR count). The van der Waals surface area contributed by atoms with Crippen molar-refractivity contribution in [3.8, 4) is 22.8 Å². The summed E-state index contributed by atoms with van der Waals surface area (Å²) in [6, 6.07) is 10.9. The van der Waals surface area contributed by atoms with Crippen molar-refractivity contribution in [3.63, 3.8) is 0 Å². The maximum Gasteiger partial charge on any atom is 0.433 e. The Morgan fingerprint density at radius 2 is 1.74 bits per heavy atom. The third-order valence-electron chi connectivity index (χ3n) is 5.23. The van der Waals surface area contributed by atoms with Crippen molar-refractivity contribution in [2.24, 2.45) is 0 Å². The standard InChI is InChI=1S/C23H14ClF3N4O4/c1-11(32)14-6-18-19(35-10-34-18)7-16(14)29-22(33)17-9-21-28-15(12-2-4-13(24)5-3-12)8-20(23(25,26)27)31(21)30-17/h2-9H,10H2,1H3,(H,29,33). The number of anilines is 1. The largest absolute Gasteiger partial charge is 0.454 e. The molecule has 1 amide bonds. The van der Waals surface area contributed by atoms with E-state index in [2.05, 4.69) is 15.4 Å². The zero-order chi connectivity index (χ0) is 24.9. The minimum Gasteiger partial charge on any atom is -0.454 e. The molecule has 8 nitrogen and oxygen atoms in total. The van der Waals surface area contributed by atoms with Gasteiger partial charge in [0.1, 0.15) is 0 Å². The lowest BCUT2D eigenvalue weighted by molar-refractivity contribution is -0.142. The van der Waals surface area contributed by atoms with Gasteiger partial charge in [0.05, 0.1) is 11.4 Å². The second-order valence-corrected chi connectivity index (χ2v) is 8.03. The van der Waals surface area contributed by atoms with Crippen LogP contribution < -0.4 is 14.8 Å². The second kappa shape index (κ2) is 8.27. The molecule has 1 aliphatic rings. The Labute approximate surface area is 200 Å². The Kier molecular flexibility index (Phi) is 5.36. The van der Waals surface area contributed by atoms with Crippen molar-refractivity contribution >= 4 is 34.6 Å². The number of halogens is 4. The summed E-state index contributed by atoms with van der Waals surface area (Å²) in [5, 5.41) is 6.77. The average molecular weight is 503 g/mol. The van der Waals surface area contributed by atoms with Crippen LogP contribution in [0.4, 0.5) is 18.9 Å². The van der Waals surface area contributed by atoms with Gasteiger partial charge in [0.25, 0.3) is 5.91 Å². The third kappa shape index (κ3) is 4.26. The predicted octanol–water partition coefficient (Wildman–Crippen LogP) is 5.25. The fourth-order valence-electron chi connectivity index (χ4n) is 3.58. The molecule has 12 heteroatoms. The highest BCUT2D eigenvalue weighted by molar-refractivity contribution is 6.30. The topological polar surface area (TPSA) is 94.8 Å². The zero-order valence-corrected chi connectivity index (χ0v) is 18.6. The Bertz CT molecular complexity index is 1500. The highest BCUT2D eigenvalue weighted by Crippen LogP contribution is 2.37. The average Bonchev–Trinajstić information content (AvgIpc) is 3.44. The minimum atomic E-state index is -4.78. The summed E-state index contributed by atoms with van der Waals surface area (Å²) in [7, 11) is 0. The number of hydrogen-bond acceptors (Lipinski definition) is 6. The van der Waals surface area contributed by atoms with Crippen molar-refractivity contribution in [2.45, 2.75) is 13.1 Å². The number of nitrogens with one attached hydrogen (secondary N) is 1. The molecule has 3 heterocycles. The first-order valence-electron chi connectivity index (χ1n) is 10.1. The van der Waals surface area contributed by atoms with Crippen molar-refractivity contribution < 1.29 is 32.2 Å². The van der Waals surface area contributed by atoms with Crippen molar-refractivity contribution in [1.29, 1.82) is 0 Å². The normalized spacial score (nSPS) is 12.7. The maximum atomic E-state index is 13.8. The van der Waals surface area contributed by atoms with Crippen LogP contribution >= 0.6 is 11.6 Å². The molecule has 0 bridgehead atoms. The highest BCUT2D eigenvalue weighted by Gasteiger charge is 2.36. The zero-order valence-electron chi connectivity index (χ0n) is 17.8. The molecule has 0 fully saturated rings. The number of rotatable bonds is 4. The summed E-state index contributed by atoms with van der Waals surface area (Å²) in [6.45, 7) is 1.26. The number of aromatic nitrogens is 3. The molecule has 1 aliphatic heterocycles. The molecule has 0 atom stereocenters. The number of alkyl halides is 3. The first-order valence-corrected chi connectivity index (χ1v) is 10.5. The van der Waals surface area contributed by atoms with Crippen LogP contribution in [0, 0.1) is 0 Å². The van der Waals surface area contributed by atoms with Crippen LogP contribution in [-0.4, -0.2) is 33.1 Å². The summed E-state index contributed by atoms with van der Waals surface area (Å²) in [6.07, 6.45) is -4.78. The quantitative estimate of drug-likeness (QED) is 0.383. The lowest BCUT2D eigenvalue weighted by Crippen LogP contribution is -2.16. The minimum absolute atomic E-state index is 0.0305. The molecular formula is C23H14ClF3N4O4. The van der Waals surface area contributed by atoms with E-state index < -0.39 is 17.8 Å². The summed E-state index contributed by atoms with van der Waals surface area (Å²) >= 11 is 5.87. The molecule has 0 spiro atoms. The highest BCUT2D eigenvalue weighted by atomic mass is 35.5. The Balaban J connectivity index is 1.56. The van der Waals surface area contributed by atoms with Crippen LogP contribution in [0.25, 0.3) is 16.9 Å². The molecule has 0 saturated carbocycles. The summed E-state index contributed by atoms with van der Waals surface area (Å²) in [4.78, 5) is 29.2. The van der Waals surface area contributed by atoms with E-state index >= 15 is 0 Å². The van der Waals surface area contributed by atoms with Crippen molar-refractivity contribution in [2.75, 3.05) is 12.1 Å². The molecule has 0 aliphatic carbocycles. The van der Waals surface area contributed by atoms with Gasteiger partial charge in [-0.2, -0.15) is 18.3 Å². The van der Waals surface area contributed by atoms with Crippen molar-refractivity contribution in [3.05, 3.63) is 70.5 Å². The van der Waals surface area contributed by atoms with Gasteiger partial charge >= 0.3 is 6.18 Å². The van der Waals surface area contributed by atoms with Gasteiger partial charge in [-0.15, -0.1) is 0 Å². The van der Waals surface area contributed by atoms with Gasteiger partial charge in [-0.1, -0.05) is 23.7 Å². The van der Waals surface area contributed by atoms with Gasteiger partial charge in [0, 0.05) is 28.3 Å². The lowest BCUT2D eigenvalue weighted by Gasteiger charge is -2.11. The number of nitrogens with zero attached hydrogens (tertiary/aromatic N) is 3. The van der Waals surface area contributed by atoms with E-state index in [1.807, 2.05) is 0 Å². The number of Topliss-reactive ketones (excluding diaryl/α,β-unsaturated/α-hetero) is 1. The van der Waals surface area contributed by atoms with E-state index in [1.54, 1.807) is 0 Å². The summed E-state index contributed by atoms with van der Waals surface area (Å²) in [5.74, 6) is -0.538. The Morgan fingerprint density at radius 1 is 1.06 bits per heavy atom. The molecule has 4 aromatic rings. The van der Waals surface area contributed by atoms with Gasteiger partial charge in [-0.05, 0) is 31.2 Å². The fraction of sp³-hybridized carbons (Fsp3) is 0.130. The molecule has 35 heavy (non-hydrogen) atoms. The van der Waals surface area contributed by atoms with Crippen LogP contribution in [-0.2, 0) is 6.18 Å². The molecule has 0 radical (unpaired) electrons. The van der Waals surface area contributed by atoms with Gasteiger partial charge in [0.15, 0.2) is 34.3 Å². The summed E-state index contributed by atoms with van der Waals surface area (Å²) in [5.41, 5.74) is -0.945. The van der Waals surface area contributed by atoms with Gasteiger partial charge in [-0.25, -0.2) is 9.50 Å². The van der Waals surface area contributed by atoms with E-state index in [1.165, 1.54) is 43.3 Å². The van der Waals surface area contributed by atoms with Gasteiger partial charge < -0.3 is 14.8 Å². The third-order valence-corrected chi connectivity index (χ3v) is 5.48.